The molecule has 1 heterocycles. The molecule has 0 atom stereocenters. The molecule has 0 N–H and O–H groups in total. The molecule has 0 bridgehead atoms. The van der Waals surface area contributed by atoms with Crippen molar-refractivity contribution < 1.29 is 9.53 Å². The Labute approximate surface area is 185 Å². The van der Waals surface area contributed by atoms with Crippen LogP contribution in [0, 0.1) is 0 Å². The van der Waals surface area contributed by atoms with Crippen molar-refractivity contribution in [2.45, 2.75) is 17.9 Å². The standard InChI is InChI=1S/C24H33N3O2S/c1-25(2)22-11-9-21(10-12-22)19-27(14-6-13-26-15-17-29-18-16-26)24(28)20-30-23-7-4-3-5-8-23/h3-5,7-12H,6,13-20H2,1-2H3. The van der Waals surface area contributed by atoms with E-state index in [1.807, 2.05) is 37.2 Å². The van der Waals surface area contributed by atoms with Gasteiger partial charge in [-0.25, -0.2) is 0 Å². The normalized spacial score (nSPS) is 14.5. The number of ether oxygens (including phenoxy) is 1. The molecule has 5 nitrogen and oxygen atoms in total. The minimum atomic E-state index is 0.197. The van der Waals surface area contributed by atoms with Crippen LogP contribution in [0.5, 0.6) is 0 Å². The van der Waals surface area contributed by atoms with Gasteiger partial charge < -0.3 is 14.5 Å². The van der Waals surface area contributed by atoms with E-state index < -0.39 is 0 Å². The topological polar surface area (TPSA) is 36.0 Å². The summed E-state index contributed by atoms with van der Waals surface area (Å²) in [5.41, 5.74) is 2.34. The molecule has 0 aromatic heterocycles. The third-order valence-corrected chi connectivity index (χ3v) is 6.29. The van der Waals surface area contributed by atoms with E-state index in [0.717, 1.165) is 50.7 Å². The minimum Gasteiger partial charge on any atom is -0.379 e. The van der Waals surface area contributed by atoms with E-state index in [1.165, 1.54) is 11.3 Å². The molecule has 1 aliphatic rings. The van der Waals surface area contributed by atoms with E-state index in [2.05, 4.69) is 46.2 Å². The number of thioether (sulfide) groups is 1. The van der Waals surface area contributed by atoms with E-state index in [4.69, 9.17) is 4.74 Å². The summed E-state index contributed by atoms with van der Waals surface area (Å²) >= 11 is 1.61. The summed E-state index contributed by atoms with van der Waals surface area (Å²) in [5.74, 6) is 0.666. The number of carbonyl (C=O) groups excluding carboxylic acids is 1. The fourth-order valence-electron chi connectivity index (χ4n) is 3.47. The first-order valence-corrected chi connectivity index (χ1v) is 11.6. The number of benzene rings is 2. The molecule has 162 valence electrons. The first-order chi connectivity index (χ1) is 14.6. The Kier molecular flexibility index (Phi) is 9.05. The van der Waals surface area contributed by atoms with Crippen molar-refractivity contribution in [1.29, 1.82) is 0 Å². The number of carbonyl (C=O) groups is 1. The highest BCUT2D eigenvalue weighted by Crippen LogP contribution is 2.19. The molecule has 1 aliphatic heterocycles. The lowest BCUT2D eigenvalue weighted by Gasteiger charge is -2.28. The zero-order chi connectivity index (χ0) is 21.2. The average Bonchev–Trinajstić information content (AvgIpc) is 2.78. The van der Waals surface area contributed by atoms with Crippen LogP contribution in [0.15, 0.2) is 59.5 Å². The Bertz CT molecular complexity index is 762. The molecule has 0 spiro atoms. The Hall–Kier alpha value is -2.02. The molecule has 3 rings (SSSR count). The van der Waals surface area contributed by atoms with E-state index in [9.17, 15) is 4.79 Å². The predicted octanol–water partition coefficient (Wildman–Crippen LogP) is 3.60. The number of rotatable bonds is 10. The van der Waals surface area contributed by atoms with E-state index >= 15 is 0 Å². The monoisotopic (exact) mass is 427 g/mol. The van der Waals surface area contributed by atoms with Crippen molar-refractivity contribution in [2.24, 2.45) is 0 Å². The highest BCUT2D eigenvalue weighted by atomic mass is 32.2. The second-order valence-corrected chi connectivity index (χ2v) is 8.83. The number of nitrogens with zero attached hydrogens (tertiary/aromatic N) is 3. The SMILES string of the molecule is CN(C)c1ccc(CN(CCCN2CCOCC2)C(=O)CSc2ccccc2)cc1. The third kappa shape index (κ3) is 7.35. The summed E-state index contributed by atoms with van der Waals surface area (Å²) in [6.07, 6.45) is 0.984. The van der Waals surface area contributed by atoms with Gasteiger partial charge in [0.2, 0.25) is 5.91 Å². The zero-order valence-corrected chi connectivity index (χ0v) is 18.9. The maximum atomic E-state index is 13.0. The van der Waals surface area contributed by atoms with Crippen molar-refractivity contribution in [3.05, 3.63) is 60.2 Å². The summed E-state index contributed by atoms with van der Waals surface area (Å²) in [7, 11) is 4.08. The number of amides is 1. The number of hydrogen-bond donors (Lipinski definition) is 0. The quantitative estimate of drug-likeness (QED) is 0.542. The molecule has 2 aromatic rings. The molecule has 1 amide bonds. The summed E-state index contributed by atoms with van der Waals surface area (Å²) < 4.78 is 5.43. The van der Waals surface area contributed by atoms with Crippen LogP contribution in [0.25, 0.3) is 0 Å². The van der Waals surface area contributed by atoms with Gasteiger partial charge in [0, 0.05) is 57.4 Å². The Morgan fingerprint density at radius 2 is 1.73 bits per heavy atom. The first-order valence-electron chi connectivity index (χ1n) is 10.6. The predicted molar refractivity (Wildman–Crippen MR) is 125 cm³/mol. The van der Waals surface area contributed by atoms with Crippen LogP contribution in [0.2, 0.25) is 0 Å². The van der Waals surface area contributed by atoms with Crippen molar-refractivity contribution >= 4 is 23.4 Å². The van der Waals surface area contributed by atoms with Gasteiger partial charge in [0.05, 0.1) is 19.0 Å². The van der Waals surface area contributed by atoms with Gasteiger partial charge in [-0.1, -0.05) is 30.3 Å². The van der Waals surface area contributed by atoms with Gasteiger partial charge in [0.25, 0.3) is 0 Å². The van der Waals surface area contributed by atoms with Crippen molar-refractivity contribution in [3.8, 4) is 0 Å². The molecule has 2 aromatic carbocycles. The lowest BCUT2D eigenvalue weighted by Crippen LogP contribution is -2.39. The Balaban J connectivity index is 1.58. The molecular weight excluding hydrogens is 394 g/mol. The number of anilines is 1. The second-order valence-electron chi connectivity index (χ2n) is 7.79. The van der Waals surface area contributed by atoms with Crippen LogP contribution in [0.4, 0.5) is 5.69 Å². The molecule has 30 heavy (non-hydrogen) atoms. The van der Waals surface area contributed by atoms with Crippen molar-refractivity contribution in [2.75, 3.05) is 64.1 Å². The third-order valence-electron chi connectivity index (χ3n) is 5.29. The number of hydrogen-bond acceptors (Lipinski definition) is 5. The molecular formula is C24H33N3O2S. The highest BCUT2D eigenvalue weighted by molar-refractivity contribution is 8.00. The minimum absolute atomic E-state index is 0.197. The zero-order valence-electron chi connectivity index (χ0n) is 18.1. The van der Waals surface area contributed by atoms with Crippen LogP contribution in [-0.2, 0) is 16.1 Å². The van der Waals surface area contributed by atoms with E-state index in [1.54, 1.807) is 11.8 Å². The molecule has 1 saturated heterocycles. The van der Waals surface area contributed by atoms with Gasteiger partial charge in [0.15, 0.2) is 0 Å². The fourth-order valence-corrected chi connectivity index (χ4v) is 4.30. The Morgan fingerprint density at radius 3 is 2.40 bits per heavy atom. The van der Waals surface area contributed by atoms with Crippen LogP contribution >= 0.6 is 11.8 Å². The summed E-state index contributed by atoms with van der Waals surface area (Å²) in [6.45, 7) is 6.06. The van der Waals surface area contributed by atoms with E-state index in [0.29, 0.717) is 12.3 Å². The lowest BCUT2D eigenvalue weighted by molar-refractivity contribution is -0.129. The summed E-state index contributed by atoms with van der Waals surface area (Å²) in [6, 6.07) is 18.6. The van der Waals surface area contributed by atoms with Crippen LogP contribution in [0.1, 0.15) is 12.0 Å². The molecule has 6 heteroatoms. The van der Waals surface area contributed by atoms with Gasteiger partial charge in [0.1, 0.15) is 0 Å². The lowest BCUT2D eigenvalue weighted by atomic mass is 10.2. The highest BCUT2D eigenvalue weighted by Gasteiger charge is 2.16. The van der Waals surface area contributed by atoms with Gasteiger partial charge in [-0.3, -0.25) is 9.69 Å². The maximum Gasteiger partial charge on any atom is 0.233 e. The largest absolute Gasteiger partial charge is 0.379 e. The molecule has 0 aliphatic carbocycles. The van der Waals surface area contributed by atoms with Gasteiger partial charge >= 0.3 is 0 Å². The number of morpholine rings is 1. The van der Waals surface area contributed by atoms with Crippen molar-refractivity contribution in [1.82, 2.24) is 9.80 Å². The fraction of sp³-hybridized carbons (Fsp3) is 0.458. The van der Waals surface area contributed by atoms with Gasteiger partial charge in [-0.15, -0.1) is 11.8 Å². The van der Waals surface area contributed by atoms with Crippen LogP contribution in [0.3, 0.4) is 0 Å². The molecule has 0 radical (unpaired) electrons. The molecule has 0 unspecified atom stereocenters. The average molecular weight is 428 g/mol. The van der Waals surface area contributed by atoms with E-state index in [-0.39, 0.29) is 5.91 Å². The maximum absolute atomic E-state index is 13.0. The molecule has 0 saturated carbocycles. The van der Waals surface area contributed by atoms with Crippen LogP contribution in [-0.4, -0.2) is 74.9 Å². The van der Waals surface area contributed by atoms with Crippen LogP contribution < -0.4 is 4.90 Å². The summed E-state index contributed by atoms with van der Waals surface area (Å²) in [5, 5.41) is 0. The van der Waals surface area contributed by atoms with Gasteiger partial charge in [-0.2, -0.15) is 0 Å². The first kappa shape index (κ1) is 22.7. The summed E-state index contributed by atoms with van der Waals surface area (Å²) in [4.78, 5) is 20.7. The second kappa shape index (κ2) is 12.0. The molecule has 1 fully saturated rings. The smallest absolute Gasteiger partial charge is 0.233 e. The van der Waals surface area contributed by atoms with Crippen molar-refractivity contribution in [3.63, 3.8) is 0 Å². The Morgan fingerprint density at radius 1 is 1.03 bits per heavy atom. The van der Waals surface area contributed by atoms with Gasteiger partial charge in [-0.05, 0) is 36.2 Å².